The number of hydroxylamine groups is 1. The second-order valence-electron chi connectivity index (χ2n) is 5.34. The molecule has 2 rings (SSSR count). The summed E-state index contributed by atoms with van der Waals surface area (Å²) in [7, 11) is -1.31. The van der Waals surface area contributed by atoms with Crippen LogP contribution in [0.1, 0.15) is 21.5 Å². The molecule has 0 aliphatic rings. The molecule has 0 aromatic heterocycles. The largest absolute Gasteiger partial charge is 0.423 e. The van der Waals surface area contributed by atoms with Crippen LogP contribution in [0.2, 0.25) is 0 Å². The molecule has 0 radical (unpaired) electrons. The van der Waals surface area contributed by atoms with Crippen molar-refractivity contribution in [1.29, 1.82) is 0 Å². The van der Waals surface area contributed by atoms with E-state index in [2.05, 4.69) is 0 Å². The molecule has 0 fully saturated rings. The van der Waals surface area contributed by atoms with Gasteiger partial charge in [-0.15, -0.1) is 0 Å². The van der Waals surface area contributed by atoms with Crippen LogP contribution in [0.5, 0.6) is 5.75 Å². The molecule has 0 saturated carbocycles. The lowest BCUT2D eigenvalue weighted by Gasteiger charge is -2.14. The lowest BCUT2D eigenvalue weighted by molar-refractivity contribution is -0.0258. The van der Waals surface area contributed by atoms with Gasteiger partial charge in [0.15, 0.2) is 0 Å². The summed E-state index contributed by atoms with van der Waals surface area (Å²) in [5.74, 6) is -0.211. The summed E-state index contributed by atoms with van der Waals surface area (Å²) in [6.07, 6.45) is 0. The molecule has 128 valence electrons. The summed E-state index contributed by atoms with van der Waals surface area (Å²) in [4.78, 5) is 17.0. The van der Waals surface area contributed by atoms with Crippen LogP contribution >= 0.6 is 0 Å². The molecule has 24 heavy (non-hydrogen) atoms. The lowest BCUT2D eigenvalue weighted by atomic mass is 10.1. The van der Waals surface area contributed by atoms with Gasteiger partial charge in [0, 0.05) is 7.05 Å². The third kappa shape index (κ3) is 4.00. The topological polar surface area (TPSA) is 72.9 Å². The number of sulfonamides is 1. The summed E-state index contributed by atoms with van der Waals surface area (Å²) in [6, 6.07) is 11.1. The van der Waals surface area contributed by atoms with Crippen molar-refractivity contribution in [1.82, 2.24) is 4.47 Å². The van der Waals surface area contributed by atoms with Gasteiger partial charge in [0.2, 0.25) is 0 Å². The molecule has 0 saturated heterocycles. The highest BCUT2D eigenvalue weighted by Crippen LogP contribution is 2.20. The first-order valence-corrected chi connectivity index (χ1v) is 8.61. The number of hydrogen-bond acceptors (Lipinski definition) is 5. The van der Waals surface area contributed by atoms with E-state index in [1.54, 1.807) is 12.1 Å². The minimum absolute atomic E-state index is 0.0540. The van der Waals surface area contributed by atoms with E-state index in [1.807, 2.05) is 19.9 Å². The fourth-order valence-electron chi connectivity index (χ4n) is 2.19. The molecule has 0 spiro atoms. The average molecular weight is 349 g/mol. The molecule has 0 aliphatic carbocycles. The second-order valence-corrected chi connectivity index (χ2v) is 7.27. The number of benzene rings is 2. The first kappa shape index (κ1) is 18.1. The van der Waals surface area contributed by atoms with E-state index in [0.717, 1.165) is 15.6 Å². The number of rotatable bonds is 5. The number of aryl methyl sites for hydroxylation is 2. The number of ether oxygens (including phenoxy) is 1. The molecule has 0 atom stereocenters. The van der Waals surface area contributed by atoms with E-state index in [4.69, 9.17) is 9.57 Å². The Labute approximate surface area is 141 Å². The molecule has 7 heteroatoms. The number of nitrogens with zero attached hydrogens (tertiary/aromatic N) is 1. The third-order valence-corrected chi connectivity index (χ3v) is 5.04. The van der Waals surface area contributed by atoms with Gasteiger partial charge in [-0.25, -0.2) is 13.2 Å². The number of esters is 1. The lowest BCUT2D eigenvalue weighted by Crippen LogP contribution is -2.26. The van der Waals surface area contributed by atoms with Crippen LogP contribution < -0.4 is 4.74 Å². The SMILES string of the molecule is CON(C)S(=O)(=O)c1cccc(C(=O)Oc2cc(C)cc(C)c2)c1. The molecule has 0 heterocycles. The van der Waals surface area contributed by atoms with E-state index < -0.39 is 16.0 Å². The maximum absolute atomic E-state index is 12.3. The summed E-state index contributed by atoms with van der Waals surface area (Å²) >= 11 is 0. The fraction of sp³-hybridized carbons (Fsp3) is 0.235. The molecular weight excluding hydrogens is 330 g/mol. The molecule has 0 bridgehead atoms. The predicted molar refractivity (Wildman–Crippen MR) is 89.3 cm³/mol. The van der Waals surface area contributed by atoms with Crippen molar-refractivity contribution >= 4 is 16.0 Å². The summed E-state index contributed by atoms with van der Waals surface area (Å²) in [5.41, 5.74) is 2.08. The van der Waals surface area contributed by atoms with Gasteiger partial charge in [-0.3, -0.25) is 4.84 Å². The van der Waals surface area contributed by atoms with Crippen molar-refractivity contribution in [2.45, 2.75) is 18.7 Å². The van der Waals surface area contributed by atoms with E-state index in [-0.39, 0.29) is 10.5 Å². The number of carbonyl (C=O) groups is 1. The first-order chi connectivity index (χ1) is 11.2. The predicted octanol–water partition coefficient (Wildman–Crippen LogP) is 2.70. The standard InChI is InChI=1S/C17H19NO5S/c1-12-8-13(2)10-15(9-12)23-17(19)14-6-5-7-16(11-14)24(20,21)18(3)22-4/h5-11H,1-4H3. The molecule has 0 unspecified atom stereocenters. The maximum Gasteiger partial charge on any atom is 0.343 e. The second kappa shape index (κ2) is 7.12. The van der Waals surface area contributed by atoms with Crippen LogP contribution in [0.4, 0.5) is 0 Å². The van der Waals surface area contributed by atoms with Gasteiger partial charge in [0.25, 0.3) is 10.0 Å². The zero-order chi connectivity index (χ0) is 17.9. The zero-order valence-electron chi connectivity index (χ0n) is 13.9. The number of carbonyl (C=O) groups excluding carboxylic acids is 1. The van der Waals surface area contributed by atoms with Crippen molar-refractivity contribution < 1.29 is 22.8 Å². The Kier molecular flexibility index (Phi) is 5.38. The van der Waals surface area contributed by atoms with Crippen molar-refractivity contribution in [3.63, 3.8) is 0 Å². The summed E-state index contributed by atoms with van der Waals surface area (Å²) in [6.45, 7) is 3.80. The Morgan fingerprint density at radius 3 is 2.25 bits per heavy atom. The van der Waals surface area contributed by atoms with Crippen molar-refractivity contribution in [3.05, 3.63) is 59.2 Å². The van der Waals surface area contributed by atoms with Gasteiger partial charge >= 0.3 is 5.97 Å². The Hall–Kier alpha value is -2.22. The fourth-order valence-corrected chi connectivity index (χ4v) is 3.21. The number of hydrogen-bond donors (Lipinski definition) is 0. The monoisotopic (exact) mass is 349 g/mol. The molecular formula is C17H19NO5S. The van der Waals surface area contributed by atoms with E-state index in [1.165, 1.54) is 38.4 Å². The summed E-state index contributed by atoms with van der Waals surface area (Å²) < 4.78 is 30.5. The Bertz CT molecular complexity index is 841. The molecule has 6 nitrogen and oxygen atoms in total. The third-order valence-electron chi connectivity index (χ3n) is 3.37. The Morgan fingerprint density at radius 2 is 1.67 bits per heavy atom. The highest BCUT2D eigenvalue weighted by atomic mass is 32.2. The van der Waals surface area contributed by atoms with Gasteiger partial charge in [-0.05, 0) is 55.3 Å². The normalized spacial score (nSPS) is 11.5. The highest BCUT2D eigenvalue weighted by molar-refractivity contribution is 7.89. The van der Waals surface area contributed by atoms with Crippen molar-refractivity contribution in [3.8, 4) is 5.75 Å². The minimum Gasteiger partial charge on any atom is -0.423 e. The van der Waals surface area contributed by atoms with Crippen LogP contribution in [0.25, 0.3) is 0 Å². The average Bonchev–Trinajstić information content (AvgIpc) is 2.53. The molecule has 0 aliphatic heterocycles. The molecule has 2 aromatic rings. The maximum atomic E-state index is 12.3. The van der Waals surface area contributed by atoms with Crippen molar-refractivity contribution in [2.75, 3.05) is 14.2 Å². The molecule has 0 amide bonds. The van der Waals surface area contributed by atoms with Crippen LogP contribution in [0.3, 0.4) is 0 Å². The van der Waals surface area contributed by atoms with Crippen molar-refractivity contribution in [2.24, 2.45) is 0 Å². The summed E-state index contributed by atoms with van der Waals surface area (Å²) in [5, 5.41) is 0. The smallest absolute Gasteiger partial charge is 0.343 e. The van der Waals surface area contributed by atoms with Gasteiger partial charge in [-0.1, -0.05) is 16.6 Å². The van der Waals surface area contributed by atoms with Crippen LogP contribution in [0.15, 0.2) is 47.4 Å². The van der Waals surface area contributed by atoms with Gasteiger partial charge in [0.05, 0.1) is 17.6 Å². The van der Waals surface area contributed by atoms with Gasteiger partial charge in [0.1, 0.15) is 5.75 Å². The van der Waals surface area contributed by atoms with E-state index in [9.17, 15) is 13.2 Å². The Balaban J connectivity index is 2.29. The van der Waals surface area contributed by atoms with Crippen LogP contribution in [-0.2, 0) is 14.9 Å². The minimum atomic E-state index is -3.83. The van der Waals surface area contributed by atoms with Gasteiger partial charge < -0.3 is 4.74 Å². The quantitative estimate of drug-likeness (QED) is 0.471. The van der Waals surface area contributed by atoms with Crippen LogP contribution in [-0.4, -0.2) is 33.0 Å². The highest BCUT2D eigenvalue weighted by Gasteiger charge is 2.22. The molecule has 0 N–H and O–H groups in total. The molecule has 2 aromatic carbocycles. The zero-order valence-corrected chi connectivity index (χ0v) is 14.8. The Morgan fingerprint density at radius 1 is 1.04 bits per heavy atom. The van der Waals surface area contributed by atoms with E-state index >= 15 is 0 Å². The van der Waals surface area contributed by atoms with E-state index in [0.29, 0.717) is 5.75 Å². The van der Waals surface area contributed by atoms with Crippen LogP contribution in [0, 0.1) is 13.8 Å². The van der Waals surface area contributed by atoms with Gasteiger partial charge in [-0.2, -0.15) is 0 Å². The first-order valence-electron chi connectivity index (χ1n) is 7.17.